The fraction of sp³-hybridized carbons (Fsp3) is 0.727. The van der Waals surface area contributed by atoms with Gasteiger partial charge in [0, 0.05) is 12.3 Å². The number of aliphatic carboxylic acids is 1. The molecule has 0 aliphatic heterocycles. The first-order valence-corrected chi connectivity index (χ1v) is 6.77. The van der Waals surface area contributed by atoms with Gasteiger partial charge in [0.05, 0.1) is 0 Å². The van der Waals surface area contributed by atoms with Crippen LogP contribution in [0.1, 0.15) is 27.7 Å². The number of thioether (sulfide) groups is 1. The molecule has 0 aliphatic rings. The number of hydrogen-bond acceptors (Lipinski definition) is 5. The lowest BCUT2D eigenvalue weighted by Gasteiger charge is -2.21. The van der Waals surface area contributed by atoms with Gasteiger partial charge in [0.1, 0.15) is 11.6 Å². The van der Waals surface area contributed by atoms with Gasteiger partial charge in [-0.1, -0.05) is 11.8 Å². The molecule has 0 spiro atoms. The van der Waals surface area contributed by atoms with Crippen LogP contribution >= 0.6 is 11.8 Å². The molecule has 19 heavy (non-hydrogen) atoms. The van der Waals surface area contributed by atoms with Gasteiger partial charge in [-0.2, -0.15) is 0 Å². The molecule has 0 saturated carbocycles. The molecule has 0 rings (SSSR count). The first-order valence-electron chi connectivity index (χ1n) is 5.78. The van der Waals surface area contributed by atoms with Crippen molar-refractivity contribution in [2.75, 3.05) is 12.3 Å². The Kier molecular flexibility index (Phi) is 7.28. The fourth-order valence-electron chi connectivity index (χ4n) is 0.979. The van der Waals surface area contributed by atoms with Crippen LogP contribution in [0.4, 0.5) is 9.59 Å². The molecule has 7 nitrogen and oxygen atoms in total. The number of ether oxygens (including phenoxy) is 1. The van der Waals surface area contributed by atoms with Gasteiger partial charge in [0.25, 0.3) is 5.24 Å². The Balaban J connectivity index is 4.31. The van der Waals surface area contributed by atoms with E-state index >= 15 is 0 Å². The Hall–Kier alpha value is -1.44. The van der Waals surface area contributed by atoms with E-state index in [2.05, 4.69) is 10.6 Å². The maximum absolute atomic E-state index is 11.4. The summed E-state index contributed by atoms with van der Waals surface area (Å²) in [4.78, 5) is 33.6. The second-order valence-electron chi connectivity index (χ2n) is 4.67. The molecule has 1 atom stereocenters. The van der Waals surface area contributed by atoms with E-state index in [1.807, 2.05) is 0 Å². The summed E-state index contributed by atoms with van der Waals surface area (Å²) < 4.78 is 4.95. The summed E-state index contributed by atoms with van der Waals surface area (Å²) in [5, 5.41) is 13.3. The van der Waals surface area contributed by atoms with Crippen molar-refractivity contribution in [2.24, 2.45) is 0 Å². The molecule has 0 saturated heterocycles. The van der Waals surface area contributed by atoms with Gasteiger partial charge in [-0.25, -0.2) is 9.59 Å². The van der Waals surface area contributed by atoms with Crippen molar-refractivity contribution in [1.82, 2.24) is 10.6 Å². The summed E-state index contributed by atoms with van der Waals surface area (Å²) in [6.45, 7) is 7.23. The highest BCUT2D eigenvalue weighted by Crippen LogP contribution is 2.08. The Morgan fingerprint density at radius 1 is 1.32 bits per heavy atom. The van der Waals surface area contributed by atoms with Gasteiger partial charge < -0.3 is 20.5 Å². The smallest absolute Gasteiger partial charge is 0.408 e. The van der Waals surface area contributed by atoms with E-state index < -0.39 is 23.7 Å². The van der Waals surface area contributed by atoms with Crippen LogP contribution in [0.3, 0.4) is 0 Å². The molecule has 0 aromatic rings. The number of carboxylic acids is 1. The van der Waals surface area contributed by atoms with Crippen LogP contribution in [-0.4, -0.2) is 46.3 Å². The Morgan fingerprint density at radius 3 is 2.32 bits per heavy atom. The van der Waals surface area contributed by atoms with Crippen molar-refractivity contribution in [2.45, 2.75) is 39.3 Å². The van der Waals surface area contributed by atoms with Gasteiger partial charge >= 0.3 is 12.1 Å². The molecule has 0 aromatic carbocycles. The molecule has 0 aromatic heterocycles. The molecule has 8 heteroatoms. The molecule has 3 N–H and O–H groups in total. The van der Waals surface area contributed by atoms with Crippen molar-refractivity contribution in [1.29, 1.82) is 0 Å². The second-order valence-corrected chi connectivity index (χ2v) is 5.66. The molecule has 0 aliphatic carbocycles. The normalized spacial score (nSPS) is 12.4. The van der Waals surface area contributed by atoms with Gasteiger partial charge in [0.2, 0.25) is 0 Å². The number of rotatable bonds is 5. The minimum absolute atomic E-state index is 0.0690. The van der Waals surface area contributed by atoms with Crippen LogP contribution < -0.4 is 10.6 Å². The molecule has 110 valence electrons. The minimum Gasteiger partial charge on any atom is -0.480 e. The molecular formula is C11H20N2O5S. The van der Waals surface area contributed by atoms with Crippen LogP contribution in [0, 0.1) is 0 Å². The summed E-state index contributed by atoms with van der Waals surface area (Å²) >= 11 is 0.796. The SMILES string of the molecule is CCNC(=O)SC[C@H](NC(=O)OC(C)(C)C)C(=O)O. The summed E-state index contributed by atoms with van der Waals surface area (Å²) in [7, 11) is 0. The lowest BCUT2D eigenvalue weighted by Crippen LogP contribution is -2.45. The molecule has 0 heterocycles. The third kappa shape index (κ3) is 9.18. The first kappa shape index (κ1) is 17.6. The van der Waals surface area contributed by atoms with Crippen molar-refractivity contribution < 1.29 is 24.2 Å². The summed E-state index contributed by atoms with van der Waals surface area (Å²) in [5.74, 6) is -1.29. The average Bonchev–Trinajstić information content (AvgIpc) is 2.21. The third-order valence-electron chi connectivity index (χ3n) is 1.69. The lowest BCUT2D eigenvalue weighted by molar-refractivity contribution is -0.138. The average molecular weight is 292 g/mol. The number of hydrogen-bond donors (Lipinski definition) is 3. The minimum atomic E-state index is -1.22. The number of carbonyl (C=O) groups is 3. The van der Waals surface area contributed by atoms with Gasteiger partial charge in [-0.3, -0.25) is 4.79 Å². The zero-order chi connectivity index (χ0) is 15.1. The number of nitrogens with one attached hydrogen (secondary N) is 2. The third-order valence-corrected chi connectivity index (χ3v) is 2.60. The van der Waals surface area contributed by atoms with Crippen LogP contribution in [0.5, 0.6) is 0 Å². The highest BCUT2D eigenvalue weighted by Gasteiger charge is 2.24. The molecule has 0 unspecified atom stereocenters. The quantitative estimate of drug-likeness (QED) is 0.708. The molecule has 0 radical (unpaired) electrons. The molecular weight excluding hydrogens is 272 g/mol. The monoisotopic (exact) mass is 292 g/mol. The van der Waals surface area contributed by atoms with E-state index in [9.17, 15) is 14.4 Å². The van der Waals surface area contributed by atoms with Gasteiger partial charge in [-0.05, 0) is 27.7 Å². The van der Waals surface area contributed by atoms with Crippen molar-refractivity contribution in [3.63, 3.8) is 0 Å². The maximum Gasteiger partial charge on any atom is 0.408 e. The van der Waals surface area contributed by atoms with E-state index in [1.165, 1.54) is 0 Å². The highest BCUT2D eigenvalue weighted by molar-refractivity contribution is 8.13. The lowest BCUT2D eigenvalue weighted by atomic mass is 10.2. The van der Waals surface area contributed by atoms with Crippen LogP contribution in [-0.2, 0) is 9.53 Å². The number of alkyl carbamates (subject to hydrolysis) is 1. The summed E-state index contributed by atoms with van der Waals surface area (Å²) in [5.41, 5.74) is -0.708. The largest absolute Gasteiger partial charge is 0.480 e. The number of carboxylic acid groups (broad SMARTS) is 1. The van der Waals surface area contributed by atoms with Crippen LogP contribution in [0.2, 0.25) is 0 Å². The topological polar surface area (TPSA) is 105 Å². The first-order chi connectivity index (χ1) is 8.65. The zero-order valence-electron chi connectivity index (χ0n) is 11.5. The maximum atomic E-state index is 11.4. The molecule has 2 amide bonds. The molecule has 0 bridgehead atoms. The summed E-state index contributed by atoms with van der Waals surface area (Å²) in [6.07, 6.45) is -0.823. The Bertz CT molecular complexity index is 340. The van der Waals surface area contributed by atoms with Crippen LogP contribution in [0.15, 0.2) is 0 Å². The van der Waals surface area contributed by atoms with E-state index in [0.29, 0.717) is 6.54 Å². The molecule has 0 fully saturated rings. The van der Waals surface area contributed by atoms with E-state index in [1.54, 1.807) is 27.7 Å². The Morgan fingerprint density at radius 2 is 1.89 bits per heavy atom. The fourth-order valence-corrected chi connectivity index (χ4v) is 1.77. The van der Waals surface area contributed by atoms with Crippen molar-refractivity contribution >= 4 is 29.1 Å². The zero-order valence-corrected chi connectivity index (χ0v) is 12.3. The van der Waals surface area contributed by atoms with Crippen LogP contribution in [0.25, 0.3) is 0 Å². The number of carbonyl (C=O) groups excluding carboxylic acids is 2. The second kappa shape index (κ2) is 7.88. The summed E-state index contributed by atoms with van der Waals surface area (Å²) in [6, 6.07) is -1.18. The van der Waals surface area contributed by atoms with E-state index in [0.717, 1.165) is 11.8 Å². The van der Waals surface area contributed by atoms with Gasteiger partial charge in [0.15, 0.2) is 0 Å². The Labute approximate surface area is 116 Å². The van der Waals surface area contributed by atoms with E-state index in [-0.39, 0.29) is 11.0 Å². The van der Waals surface area contributed by atoms with E-state index in [4.69, 9.17) is 9.84 Å². The standard InChI is InChI=1S/C11H20N2O5S/c1-5-12-10(17)19-6-7(8(14)15)13-9(16)18-11(2,3)4/h7H,5-6H2,1-4H3,(H,12,17)(H,13,16)(H,14,15)/t7-/m0/s1. The number of amides is 2. The van der Waals surface area contributed by atoms with Gasteiger partial charge in [-0.15, -0.1) is 0 Å². The highest BCUT2D eigenvalue weighted by atomic mass is 32.2. The predicted octanol–water partition coefficient (Wildman–Crippen LogP) is 1.43. The van der Waals surface area contributed by atoms with Crippen molar-refractivity contribution in [3.8, 4) is 0 Å². The predicted molar refractivity (Wildman–Crippen MR) is 72.3 cm³/mol. The van der Waals surface area contributed by atoms with Crippen molar-refractivity contribution in [3.05, 3.63) is 0 Å².